The van der Waals surface area contributed by atoms with Gasteiger partial charge >= 0.3 is 0 Å². The third-order valence-corrected chi connectivity index (χ3v) is 5.87. The number of nitrogens with one attached hydrogen (secondary N) is 1. The Labute approximate surface area is 143 Å². The fourth-order valence-electron chi connectivity index (χ4n) is 3.50. The highest BCUT2D eigenvalue weighted by molar-refractivity contribution is 8.00. The minimum Gasteiger partial charge on any atom is -0.494 e. The minimum atomic E-state index is 0.275. The van der Waals surface area contributed by atoms with Crippen LogP contribution >= 0.6 is 11.8 Å². The standard InChI is InChI=1S/C18H26N2O2S/c1-2-22-16-3-5-17(6-4-16)23-13-18(21)20-9-7-14-11-19-12-15(14)8-10-20/h3-6,14-15,19H,2,7-13H2,1H3/t14-,15+. The predicted molar refractivity (Wildman–Crippen MR) is 94.0 cm³/mol. The maximum atomic E-state index is 12.5. The van der Waals surface area contributed by atoms with E-state index in [-0.39, 0.29) is 5.91 Å². The number of ether oxygens (including phenoxy) is 1. The van der Waals surface area contributed by atoms with Crippen molar-refractivity contribution in [1.82, 2.24) is 10.2 Å². The van der Waals surface area contributed by atoms with E-state index in [2.05, 4.69) is 10.2 Å². The lowest BCUT2D eigenvalue weighted by Crippen LogP contribution is -2.34. The Balaban J connectivity index is 1.47. The molecular formula is C18H26N2O2S. The van der Waals surface area contributed by atoms with Gasteiger partial charge in [-0.2, -0.15) is 0 Å². The van der Waals surface area contributed by atoms with Crippen LogP contribution in [0.1, 0.15) is 19.8 Å². The van der Waals surface area contributed by atoms with Gasteiger partial charge in [-0.25, -0.2) is 0 Å². The molecule has 2 aliphatic heterocycles. The third-order valence-electron chi connectivity index (χ3n) is 4.87. The van der Waals surface area contributed by atoms with E-state index in [1.54, 1.807) is 11.8 Å². The van der Waals surface area contributed by atoms with Crippen LogP contribution in [0.5, 0.6) is 5.75 Å². The average Bonchev–Trinajstić information content (AvgIpc) is 2.93. The molecule has 0 saturated carbocycles. The summed E-state index contributed by atoms with van der Waals surface area (Å²) in [5, 5.41) is 3.48. The molecule has 5 heteroatoms. The number of thioether (sulfide) groups is 1. The van der Waals surface area contributed by atoms with Crippen molar-refractivity contribution in [3.05, 3.63) is 24.3 Å². The lowest BCUT2D eigenvalue weighted by Gasteiger charge is -2.20. The zero-order valence-electron chi connectivity index (χ0n) is 13.8. The minimum absolute atomic E-state index is 0.275. The first-order chi connectivity index (χ1) is 11.3. The van der Waals surface area contributed by atoms with E-state index in [0.717, 1.165) is 61.5 Å². The fraction of sp³-hybridized carbons (Fsp3) is 0.611. The highest BCUT2D eigenvalue weighted by Crippen LogP contribution is 2.28. The number of benzene rings is 1. The van der Waals surface area contributed by atoms with Gasteiger partial charge in [0.25, 0.3) is 0 Å². The molecule has 0 radical (unpaired) electrons. The molecule has 2 aliphatic rings. The van der Waals surface area contributed by atoms with Crippen molar-refractivity contribution in [2.24, 2.45) is 11.8 Å². The fourth-order valence-corrected chi connectivity index (χ4v) is 4.30. The second-order valence-corrected chi connectivity index (χ2v) is 7.38. The van der Waals surface area contributed by atoms with Crippen LogP contribution in [0.2, 0.25) is 0 Å². The first-order valence-electron chi connectivity index (χ1n) is 8.60. The zero-order chi connectivity index (χ0) is 16.1. The van der Waals surface area contributed by atoms with Crippen LogP contribution in [-0.4, -0.2) is 49.3 Å². The van der Waals surface area contributed by atoms with Crippen LogP contribution in [0.4, 0.5) is 0 Å². The van der Waals surface area contributed by atoms with Gasteiger partial charge in [-0.1, -0.05) is 0 Å². The Morgan fingerprint density at radius 3 is 2.48 bits per heavy atom. The Bertz CT molecular complexity index is 506. The van der Waals surface area contributed by atoms with Crippen LogP contribution in [0.3, 0.4) is 0 Å². The van der Waals surface area contributed by atoms with E-state index < -0.39 is 0 Å². The SMILES string of the molecule is CCOc1ccc(SCC(=O)N2CC[C@@H]3CNC[C@@H]3CC2)cc1. The van der Waals surface area contributed by atoms with Crippen molar-refractivity contribution < 1.29 is 9.53 Å². The van der Waals surface area contributed by atoms with Gasteiger partial charge in [-0.3, -0.25) is 4.79 Å². The Kier molecular flexibility index (Phi) is 5.84. The van der Waals surface area contributed by atoms with Crippen molar-refractivity contribution in [3.63, 3.8) is 0 Å². The van der Waals surface area contributed by atoms with Crippen molar-refractivity contribution in [3.8, 4) is 5.75 Å². The summed E-state index contributed by atoms with van der Waals surface area (Å²) in [7, 11) is 0. The molecule has 0 spiro atoms. The van der Waals surface area contributed by atoms with Gasteiger partial charge in [0.2, 0.25) is 5.91 Å². The summed E-state index contributed by atoms with van der Waals surface area (Å²) < 4.78 is 5.44. The summed E-state index contributed by atoms with van der Waals surface area (Å²) in [6, 6.07) is 8.00. The quantitative estimate of drug-likeness (QED) is 0.841. The molecule has 1 amide bonds. The number of carbonyl (C=O) groups is 1. The topological polar surface area (TPSA) is 41.6 Å². The van der Waals surface area contributed by atoms with Crippen LogP contribution in [-0.2, 0) is 4.79 Å². The number of fused-ring (bicyclic) bond motifs is 1. The number of amides is 1. The second-order valence-electron chi connectivity index (χ2n) is 6.33. The maximum Gasteiger partial charge on any atom is 0.232 e. The van der Waals surface area contributed by atoms with Crippen LogP contribution in [0, 0.1) is 11.8 Å². The van der Waals surface area contributed by atoms with E-state index in [0.29, 0.717) is 12.4 Å². The summed E-state index contributed by atoms with van der Waals surface area (Å²) in [5.41, 5.74) is 0. The zero-order valence-corrected chi connectivity index (χ0v) is 14.6. The number of nitrogens with zero attached hydrogens (tertiary/aromatic N) is 1. The van der Waals surface area contributed by atoms with Crippen molar-refractivity contribution in [2.75, 3.05) is 38.5 Å². The lowest BCUT2D eigenvalue weighted by atomic mass is 9.92. The summed E-state index contributed by atoms with van der Waals surface area (Å²) in [6.07, 6.45) is 2.30. The number of hydrogen-bond acceptors (Lipinski definition) is 4. The van der Waals surface area contributed by atoms with E-state index in [1.165, 1.54) is 0 Å². The average molecular weight is 334 g/mol. The van der Waals surface area contributed by atoms with E-state index in [4.69, 9.17) is 4.74 Å². The molecule has 1 aromatic rings. The van der Waals surface area contributed by atoms with Crippen molar-refractivity contribution >= 4 is 17.7 Å². The normalized spacial score (nSPS) is 24.1. The van der Waals surface area contributed by atoms with Crippen molar-refractivity contribution in [1.29, 1.82) is 0 Å². The van der Waals surface area contributed by atoms with Gasteiger partial charge in [0.1, 0.15) is 5.75 Å². The molecule has 0 aromatic heterocycles. The molecule has 0 aliphatic carbocycles. The molecule has 0 bridgehead atoms. The molecule has 23 heavy (non-hydrogen) atoms. The monoisotopic (exact) mass is 334 g/mol. The number of carbonyl (C=O) groups excluding carboxylic acids is 1. The smallest absolute Gasteiger partial charge is 0.232 e. The molecule has 2 fully saturated rings. The summed E-state index contributed by atoms with van der Waals surface area (Å²) in [6.45, 7) is 6.77. The number of hydrogen-bond donors (Lipinski definition) is 1. The maximum absolute atomic E-state index is 12.5. The molecule has 0 unspecified atom stereocenters. The molecule has 4 nitrogen and oxygen atoms in total. The summed E-state index contributed by atoms with van der Waals surface area (Å²) in [4.78, 5) is 15.7. The number of rotatable bonds is 5. The van der Waals surface area contributed by atoms with Gasteiger partial charge in [0, 0.05) is 18.0 Å². The molecule has 2 heterocycles. The molecule has 1 aromatic carbocycles. The van der Waals surface area contributed by atoms with Gasteiger partial charge in [-0.05, 0) is 69.0 Å². The van der Waals surface area contributed by atoms with Crippen molar-refractivity contribution in [2.45, 2.75) is 24.7 Å². The molecular weight excluding hydrogens is 308 g/mol. The third kappa shape index (κ3) is 4.42. The largest absolute Gasteiger partial charge is 0.494 e. The molecule has 2 saturated heterocycles. The van der Waals surface area contributed by atoms with E-state index >= 15 is 0 Å². The molecule has 2 atom stereocenters. The highest BCUT2D eigenvalue weighted by atomic mass is 32.2. The summed E-state index contributed by atoms with van der Waals surface area (Å²) >= 11 is 1.62. The molecule has 1 N–H and O–H groups in total. The van der Waals surface area contributed by atoms with Crippen LogP contribution in [0.25, 0.3) is 0 Å². The van der Waals surface area contributed by atoms with Gasteiger partial charge in [0.05, 0.1) is 12.4 Å². The van der Waals surface area contributed by atoms with E-state index in [9.17, 15) is 4.79 Å². The lowest BCUT2D eigenvalue weighted by molar-refractivity contribution is -0.128. The summed E-state index contributed by atoms with van der Waals surface area (Å²) in [5.74, 6) is 3.23. The predicted octanol–water partition coefficient (Wildman–Crippen LogP) is 2.64. The molecule has 3 rings (SSSR count). The Hall–Kier alpha value is -1.20. The second kappa shape index (κ2) is 8.06. The first-order valence-corrected chi connectivity index (χ1v) is 9.59. The Morgan fingerprint density at radius 2 is 1.87 bits per heavy atom. The van der Waals surface area contributed by atoms with E-state index in [1.807, 2.05) is 31.2 Å². The Morgan fingerprint density at radius 1 is 1.22 bits per heavy atom. The molecule has 126 valence electrons. The van der Waals surface area contributed by atoms with Gasteiger partial charge in [0.15, 0.2) is 0 Å². The van der Waals surface area contributed by atoms with Gasteiger partial charge < -0.3 is 15.0 Å². The van der Waals surface area contributed by atoms with Crippen LogP contribution < -0.4 is 10.1 Å². The van der Waals surface area contributed by atoms with Crippen LogP contribution in [0.15, 0.2) is 29.2 Å². The number of likely N-dealkylation sites (tertiary alicyclic amines) is 1. The highest BCUT2D eigenvalue weighted by Gasteiger charge is 2.31. The van der Waals surface area contributed by atoms with Gasteiger partial charge in [-0.15, -0.1) is 11.8 Å². The first kappa shape index (κ1) is 16.7.